The van der Waals surface area contributed by atoms with Crippen molar-refractivity contribution in [2.45, 2.75) is 53.6 Å². The molecule has 2 heterocycles. The Hall–Kier alpha value is -3.74. The molecule has 0 saturated heterocycles. The summed E-state index contributed by atoms with van der Waals surface area (Å²) in [5, 5.41) is 4.43. The Morgan fingerprint density at radius 1 is 1.06 bits per heavy atom. The highest BCUT2D eigenvalue weighted by atomic mass is 16.6. The average molecular weight is 474 g/mol. The minimum Gasteiger partial charge on any atom is -0.459 e. The summed E-state index contributed by atoms with van der Waals surface area (Å²) in [6.07, 6.45) is 2.03. The van der Waals surface area contributed by atoms with Crippen molar-refractivity contribution in [1.29, 1.82) is 0 Å². The first-order valence-corrected chi connectivity index (χ1v) is 11.7. The van der Waals surface area contributed by atoms with Gasteiger partial charge in [-0.1, -0.05) is 12.1 Å². The summed E-state index contributed by atoms with van der Waals surface area (Å²) < 4.78 is 7.37. The number of benzene rings is 2. The molecular formula is C28H31N3O4. The molecule has 182 valence electrons. The molecule has 1 unspecified atom stereocenters. The van der Waals surface area contributed by atoms with Crippen molar-refractivity contribution in [2.24, 2.45) is 5.41 Å². The molecule has 1 aliphatic heterocycles. The number of nitrogens with zero attached hydrogens (tertiary/aromatic N) is 3. The number of Topliss-reactive ketones (excluding diaryl/α,β-unsaturated/α-hetero) is 1. The molecule has 0 saturated carbocycles. The third-order valence-corrected chi connectivity index (χ3v) is 6.30. The molecule has 3 aromatic rings. The second-order valence-corrected chi connectivity index (χ2v) is 10.3. The minimum atomic E-state index is -1.39. The van der Waals surface area contributed by atoms with Crippen molar-refractivity contribution in [3.63, 3.8) is 0 Å². The number of ketones is 1. The van der Waals surface area contributed by atoms with Crippen LogP contribution in [0, 0.1) is 19.3 Å². The van der Waals surface area contributed by atoms with Crippen LogP contribution in [-0.2, 0) is 9.53 Å². The second-order valence-electron chi connectivity index (χ2n) is 10.3. The van der Waals surface area contributed by atoms with E-state index in [-0.39, 0.29) is 24.7 Å². The second kappa shape index (κ2) is 8.80. The van der Waals surface area contributed by atoms with Crippen LogP contribution in [-0.4, -0.2) is 39.6 Å². The maximum Gasteiger partial charge on any atom is 0.320 e. The molecule has 1 aliphatic rings. The normalized spacial score (nSPS) is 18.1. The predicted molar refractivity (Wildman–Crippen MR) is 134 cm³/mol. The molecule has 4 rings (SSSR count). The standard InChI is InChI=1S/C28H31N3O4/c1-18-17-20(31-15-13-19(2)29-31)11-12-21(18)25(33)30-16-14-28(6,26(34)35-27(3,4)5)24(32)22-9-7-8-10-23(22)30/h7-13,15,17H,14,16H2,1-6H3. The first-order chi connectivity index (χ1) is 16.4. The molecule has 0 fully saturated rings. The molecular weight excluding hydrogens is 442 g/mol. The molecule has 0 radical (unpaired) electrons. The van der Waals surface area contributed by atoms with E-state index >= 15 is 0 Å². The van der Waals surface area contributed by atoms with Crippen LogP contribution in [0.4, 0.5) is 5.69 Å². The van der Waals surface area contributed by atoms with Gasteiger partial charge >= 0.3 is 5.97 Å². The number of hydrogen-bond acceptors (Lipinski definition) is 5. The summed E-state index contributed by atoms with van der Waals surface area (Å²) >= 11 is 0. The Kier molecular flexibility index (Phi) is 6.13. The molecule has 0 bridgehead atoms. The van der Waals surface area contributed by atoms with Gasteiger partial charge in [0.2, 0.25) is 0 Å². The number of hydrogen-bond donors (Lipinski definition) is 0. The number of rotatable bonds is 3. The lowest BCUT2D eigenvalue weighted by atomic mass is 9.79. The molecule has 0 aliphatic carbocycles. The van der Waals surface area contributed by atoms with Crippen molar-refractivity contribution in [2.75, 3.05) is 11.4 Å². The lowest BCUT2D eigenvalue weighted by Crippen LogP contribution is -2.42. The number of amides is 1. The van der Waals surface area contributed by atoms with Gasteiger partial charge in [0, 0.05) is 23.9 Å². The molecule has 35 heavy (non-hydrogen) atoms. The summed E-state index contributed by atoms with van der Waals surface area (Å²) in [4.78, 5) is 42.1. The van der Waals surface area contributed by atoms with Crippen molar-refractivity contribution in [3.05, 3.63) is 77.1 Å². The molecule has 1 aromatic heterocycles. The average Bonchev–Trinajstić information content (AvgIpc) is 3.19. The van der Waals surface area contributed by atoms with Crippen LogP contribution in [0.25, 0.3) is 5.69 Å². The number of carbonyl (C=O) groups excluding carboxylic acids is 3. The number of carbonyl (C=O) groups is 3. The first-order valence-electron chi connectivity index (χ1n) is 11.7. The Morgan fingerprint density at radius 3 is 2.40 bits per heavy atom. The molecule has 2 aromatic carbocycles. The van der Waals surface area contributed by atoms with Crippen molar-refractivity contribution < 1.29 is 19.1 Å². The Balaban J connectivity index is 1.71. The SMILES string of the molecule is Cc1ccn(-c2ccc(C(=O)N3CCC(C)(C(=O)OC(C)(C)C)C(=O)c4ccccc43)c(C)c2)n1. The zero-order valence-electron chi connectivity index (χ0n) is 21.1. The molecule has 0 spiro atoms. The van der Waals surface area contributed by atoms with Crippen LogP contribution in [0.3, 0.4) is 0 Å². The van der Waals surface area contributed by atoms with E-state index < -0.39 is 17.0 Å². The first kappa shape index (κ1) is 24.4. The van der Waals surface area contributed by atoms with E-state index in [9.17, 15) is 14.4 Å². The Morgan fingerprint density at radius 2 is 1.77 bits per heavy atom. The highest BCUT2D eigenvalue weighted by Crippen LogP contribution is 2.38. The van der Waals surface area contributed by atoms with E-state index in [1.807, 2.05) is 38.2 Å². The molecule has 7 nitrogen and oxygen atoms in total. The highest BCUT2D eigenvalue weighted by molar-refractivity contribution is 6.18. The third kappa shape index (κ3) is 4.63. The number of aromatic nitrogens is 2. The van der Waals surface area contributed by atoms with Gasteiger partial charge in [0.15, 0.2) is 5.78 Å². The zero-order valence-corrected chi connectivity index (χ0v) is 21.1. The van der Waals surface area contributed by atoms with E-state index in [4.69, 9.17) is 4.74 Å². The van der Waals surface area contributed by atoms with Crippen LogP contribution in [0.1, 0.15) is 66.1 Å². The maximum atomic E-state index is 13.8. The van der Waals surface area contributed by atoms with Crippen LogP contribution in [0.15, 0.2) is 54.7 Å². The molecule has 1 amide bonds. The molecule has 0 N–H and O–H groups in total. The maximum absolute atomic E-state index is 13.8. The van der Waals surface area contributed by atoms with Gasteiger partial charge in [-0.05, 0) is 89.9 Å². The highest BCUT2D eigenvalue weighted by Gasteiger charge is 2.47. The predicted octanol–water partition coefficient (Wildman–Crippen LogP) is 5.07. The van der Waals surface area contributed by atoms with Gasteiger partial charge < -0.3 is 9.64 Å². The summed E-state index contributed by atoms with van der Waals surface area (Å²) in [6, 6.07) is 14.4. The van der Waals surface area contributed by atoms with E-state index in [0.717, 1.165) is 16.9 Å². The number of anilines is 1. The number of para-hydroxylation sites is 1. The van der Waals surface area contributed by atoms with Crippen LogP contribution < -0.4 is 4.90 Å². The van der Waals surface area contributed by atoms with E-state index in [1.165, 1.54) is 0 Å². The van der Waals surface area contributed by atoms with E-state index in [1.54, 1.807) is 67.6 Å². The molecule has 1 atom stereocenters. The number of fused-ring (bicyclic) bond motifs is 1. The smallest absolute Gasteiger partial charge is 0.320 e. The molecule has 7 heteroatoms. The van der Waals surface area contributed by atoms with Crippen molar-refractivity contribution >= 4 is 23.3 Å². The summed E-state index contributed by atoms with van der Waals surface area (Å²) in [5.74, 6) is -1.13. The fraction of sp³-hybridized carbons (Fsp3) is 0.357. The van der Waals surface area contributed by atoms with Gasteiger partial charge in [-0.3, -0.25) is 14.4 Å². The third-order valence-electron chi connectivity index (χ3n) is 6.30. The van der Waals surface area contributed by atoms with Crippen LogP contribution >= 0.6 is 0 Å². The number of aryl methyl sites for hydroxylation is 2. The monoisotopic (exact) mass is 473 g/mol. The van der Waals surface area contributed by atoms with Crippen LogP contribution in [0.5, 0.6) is 0 Å². The summed E-state index contributed by atoms with van der Waals surface area (Å²) in [5.41, 5.74) is 1.80. The Bertz CT molecular complexity index is 1320. The topological polar surface area (TPSA) is 81.5 Å². The van der Waals surface area contributed by atoms with Crippen LogP contribution in [0.2, 0.25) is 0 Å². The fourth-order valence-corrected chi connectivity index (χ4v) is 4.30. The van der Waals surface area contributed by atoms with Gasteiger partial charge in [-0.15, -0.1) is 0 Å². The Labute approximate surface area is 205 Å². The lowest BCUT2D eigenvalue weighted by molar-refractivity contribution is -0.163. The van der Waals surface area contributed by atoms with Gasteiger partial charge in [-0.25, -0.2) is 4.68 Å². The van der Waals surface area contributed by atoms with Crippen molar-refractivity contribution in [3.8, 4) is 5.69 Å². The van der Waals surface area contributed by atoms with E-state index in [2.05, 4.69) is 5.10 Å². The van der Waals surface area contributed by atoms with E-state index in [0.29, 0.717) is 16.8 Å². The quantitative estimate of drug-likeness (QED) is 0.392. The zero-order chi connectivity index (χ0) is 25.5. The number of ether oxygens (including phenoxy) is 1. The van der Waals surface area contributed by atoms with Gasteiger partial charge in [0.05, 0.1) is 17.1 Å². The largest absolute Gasteiger partial charge is 0.459 e. The van der Waals surface area contributed by atoms with Gasteiger partial charge in [-0.2, -0.15) is 5.10 Å². The lowest BCUT2D eigenvalue weighted by Gasteiger charge is -2.29. The van der Waals surface area contributed by atoms with Gasteiger partial charge in [0.1, 0.15) is 11.0 Å². The minimum absolute atomic E-state index is 0.158. The summed E-state index contributed by atoms with van der Waals surface area (Å²) in [7, 11) is 0. The fourth-order valence-electron chi connectivity index (χ4n) is 4.30. The summed E-state index contributed by atoms with van der Waals surface area (Å²) in [6.45, 7) is 10.9. The van der Waals surface area contributed by atoms with Crippen molar-refractivity contribution in [1.82, 2.24) is 9.78 Å². The number of esters is 1. The van der Waals surface area contributed by atoms with Gasteiger partial charge in [0.25, 0.3) is 5.91 Å².